The Labute approximate surface area is 115 Å². The maximum absolute atomic E-state index is 12.6. The summed E-state index contributed by atoms with van der Waals surface area (Å²) >= 11 is 0. The zero-order chi connectivity index (χ0) is 14.0. The standard InChI is InChI=1S/C14H21NO3S/c1-11-7-12(2)9-14(8-11)19(17,18)15-5-3-13(10-15)4-6-16/h7-9,13,16H,3-6,10H2,1-2H3. The summed E-state index contributed by atoms with van der Waals surface area (Å²) in [7, 11) is -3.38. The van der Waals surface area contributed by atoms with Gasteiger partial charge in [-0.15, -0.1) is 0 Å². The Balaban J connectivity index is 2.23. The molecule has 5 heteroatoms. The predicted molar refractivity (Wildman–Crippen MR) is 74.5 cm³/mol. The number of benzene rings is 1. The highest BCUT2D eigenvalue weighted by atomic mass is 32.2. The second-order valence-electron chi connectivity index (χ2n) is 5.35. The van der Waals surface area contributed by atoms with Gasteiger partial charge in [-0.1, -0.05) is 6.07 Å². The van der Waals surface area contributed by atoms with Crippen LogP contribution in [0.15, 0.2) is 23.1 Å². The maximum atomic E-state index is 12.6. The molecule has 19 heavy (non-hydrogen) atoms. The van der Waals surface area contributed by atoms with Crippen molar-refractivity contribution in [1.82, 2.24) is 4.31 Å². The van der Waals surface area contributed by atoms with Gasteiger partial charge in [0.25, 0.3) is 0 Å². The minimum atomic E-state index is -3.38. The molecule has 106 valence electrons. The van der Waals surface area contributed by atoms with E-state index in [0.29, 0.717) is 24.4 Å². The molecule has 0 amide bonds. The first-order chi connectivity index (χ1) is 8.93. The van der Waals surface area contributed by atoms with E-state index in [4.69, 9.17) is 5.11 Å². The molecule has 0 spiro atoms. The van der Waals surface area contributed by atoms with Crippen molar-refractivity contribution in [2.75, 3.05) is 19.7 Å². The van der Waals surface area contributed by atoms with Crippen LogP contribution in [0.5, 0.6) is 0 Å². The van der Waals surface area contributed by atoms with Gasteiger partial charge in [-0.3, -0.25) is 0 Å². The first-order valence-electron chi connectivity index (χ1n) is 6.63. The van der Waals surface area contributed by atoms with Gasteiger partial charge in [0.05, 0.1) is 4.90 Å². The smallest absolute Gasteiger partial charge is 0.243 e. The van der Waals surface area contributed by atoms with Gasteiger partial charge in [-0.25, -0.2) is 8.42 Å². The average molecular weight is 283 g/mol. The Kier molecular flexibility index (Phi) is 4.28. The van der Waals surface area contributed by atoms with Crippen molar-refractivity contribution in [2.45, 2.75) is 31.6 Å². The molecular weight excluding hydrogens is 262 g/mol. The number of aliphatic hydroxyl groups is 1. The lowest BCUT2D eigenvalue weighted by molar-refractivity contribution is 0.259. The van der Waals surface area contributed by atoms with Gasteiger partial charge in [0.15, 0.2) is 0 Å². The monoisotopic (exact) mass is 283 g/mol. The molecule has 1 N–H and O–H groups in total. The van der Waals surface area contributed by atoms with Crippen LogP contribution in [0.4, 0.5) is 0 Å². The molecule has 0 aromatic heterocycles. The van der Waals surface area contributed by atoms with Crippen molar-refractivity contribution in [3.8, 4) is 0 Å². The van der Waals surface area contributed by atoms with Crippen LogP contribution in [0.2, 0.25) is 0 Å². The minimum Gasteiger partial charge on any atom is -0.396 e. The fourth-order valence-corrected chi connectivity index (χ4v) is 4.39. The van der Waals surface area contributed by atoms with Crippen molar-refractivity contribution in [3.05, 3.63) is 29.3 Å². The highest BCUT2D eigenvalue weighted by Gasteiger charge is 2.32. The Hall–Kier alpha value is -0.910. The van der Waals surface area contributed by atoms with E-state index in [9.17, 15) is 8.42 Å². The molecule has 1 fully saturated rings. The number of aryl methyl sites for hydroxylation is 2. The van der Waals surface area contributed by atoms with Crippen LogP contribution in [0.25, 0.3) is 0 Å². The van der Waals surface area contributed by atoms with E-state index in [1.54, 1.807) is 16.4 Å². The molecule has 0 saturated carbocycles. The summed E-state index contributed by atoms with van der Waals surface area (Å²) < 4.78 is 26.6. The topological polar surface area (TPSA) is 57.6 Å². The third-order valence-corrected chi connectivity index (χ3v) is 5.46. The number of rotatable bonds is 4. The SMILES string of the molecule is Cc1cc(C)cc(S(=O)(=O)N2CCC(CCO)C2)c1. The van der Waals surface area contributed by atoms with E-state index in [0.717, 1.165) is 17.5 Å². The van der Waals surface area contributed by atoms with Crippen molar-refractivity contribution in [3.63, 3.8) is 0 Å². The van der Waals surface area contributed by atoms with Gasteiger partial charge in [-0.05, 0) is 55.9 Å². The molecular formula is C14H21NO3S. The van der Waals surface area contributed by atoms with Crippen LogP contribution < -0.4 is 0 Å². The van der Waals surface area contributed by atoms with E-state index in [2.05, 4.69) is 0 Å². The Morgan fingerprint density at radius 1 is 1.26 bits per heavy atom. The molecule has 1 unspecified atom stereocenters. The van der Waals surface area contributed by atoms with Gasteiger partial charge in [0.2, 0.25) is 10.0 Å². The van der Waals surface area contributed by atoms with Gasteiger partial charge in [0.1, 0.15) is 0 Å². The molecule has 1 saturated heterocycles. The van der Waals surface area contributed by atoms with E-state index >= 15 is 0 Å². The van der Waals surface area contributed by atoms with Crippen molar-refractivity contribution < 1.29 is 13.5 Å². The van der Waals surface area contributed by atoms with Crippen LogP contribution in [-0.2, 0) is 10.0 Å². The largest absolute Gasteiger partial charge is 0.396 e. The third kappa shape index (κ3) is 3.16. The molecule has 1 heterocycles. The summed E-state index contributed by atoms with van der Waals surface area (Å²) in [6, 6.07) is 5.42. The molecule has 1 aliphatic heterocycles. The van der Waals surface area contributed by atoms with Crippen LogP contribution in [0.1, 0.15) is 24.0 Å². The van der Waals surface area contributed by atoms with Gasteiger partial charge in [0, 0.05) is 19.7 Å². The summed E-state index contributed by atoms with van der Waals surface area (Å²) in [4.78, 5) is 0.384. The molecule has 0 radical (unpaired) electrons. The zero-order valence-corrected chi connectivity index (χ0v) is 12.3. The lowest BCUT2D eigenvalue weighted by atomic mass is 10.1. The Morgan fingerprint density at radius 3 is 2.47 bits per heavy atom. The highest BCUT2D eigenvalue weighted by Crippen LogP contribution is 2.26. The summed E-state index contributed by atoms with van der Waals surface area (Å²) in [5.74, 6) is 0.283. The second-order valence-corrected chi connectivity index (χ2v) is 7.29. The van der Waals surface area contributed by atoms with Crippen molar-refractivity contribution in [2.24, 2.45) is 5.92 Å². The number of sulfonamides is 1. The normalized spacial score (nSPS) is 20.9. The van der Waals surface area contributed by atoms with Crippen LogP contribution in [0, 0.1) is 19.8 Å². The van der Waals surface area contributed by atoms with E-state index in [-0.39, 0.29) is 12.5 Å². The Bertz CT molecular complexity index is 534. The van der Waals surface area contributed by atoms with Crippen molar-refractivity contribution in [1.29, 1.82) is 0 Å². The van der Waals surface area contributed by atoms with Gasteiger partial charge >= 0.3 is 0 Å². The summed E-state index contributed by atoms with van der Waals surface area (Å²) in [6.07, 6.45) is 1.52. The molecule has 0 bridgehead atoms. The molecule has 0 aliphatic carbocycles. The number of aliphatic hydroxyl groups excluding tert-OH is 1. The van der Waals surface area contributed by atoms with E-state index in [1.165, 1.54) is 0 Å². The van der Waals surface area contributed by atoms with Crippen LogP contribution in [0.3, 0.4) is 0 Å². The maximum Gasteiger partial charge on any atom is 0.243 e. The fraction of sp³-hybridized carbons (Fsp3) is 0.571. The average Bonchev–Trinajstić information content (AvgIpc) is 2.77. The Morgan fingerprint density at radius 2 is 1.89 bits per heavy atom. The quantitative estimate of drug-likeness (QED) is 0.915. The van der Waals surface area contributed by atoms with Gasteiger partial charge in [-0.2, -0.15) is 4.31 Å². The fourth-order valence-electron chi connectivity index (χ4n) is 2.66. The van der Waals surface area contributed by atoms with E-state index in [1.807, 2.05) is 19.9 Å². The lowest BCUT2D eigenvalue weighted by Gasteiger charge is -2.17. The summed E-state index contributed by atoms with van der Waals surface area (Å²) in [5.41, 5.74) is 1.93. The molecule has 1 aromatic carbocycles. The molecule has 1 aromatic rings. The van der Waals surface area contributed by atoms with E-state index < -0.39 is 10.0 Å². The number of nitrogens with zero attached hydrogens (tertiary/aromatic N) is 1. The molecule has 2 rings (SSSR count). The summed E-state index contributed by atoms with van der Waals surface area (Å²) in [5, 5.41) is 8.94. The number of hydrogen-bond donors (Lipinski definition) is 1. The molecule has 4 nitrogen and oxygen atoms in total. The first kappa shape index (κ1) is 14.5. The van der Waals surface area contributed by atoms with Gasteiger partial charge < -0.3 is 5.11 Å². The van der Waals surface area contributed by atoms with Crippen molar-refractivity contribution >= 4 is 10.0 Å². The number of hydrogen-bond acceptors (Lipinski definition) is 3. The predicted octanol–water partition coefficient (Wildman–Crippen LogP) is 1.70. The summed E-state index contributed by atoms with van der Waals surface area (Å²) in [6.45, 7) is 5.02. The highest BCUT2D eigenvalue weighted by molar-refractivity contribution is 7.89. The molecule has 1 aliphatic rings. The first-order valence-corrected chi connectivity index (χ1v) is 8.07. The molecule has 1 atom stereocenters. The van der Waals surface area contributed by atoms with Crippen LogP contribution in [-0.4, -0.2) is 37.5 Å². The second kappa shape index (κ2) is 5.61. The third-order valence-electron chi connectivity index (χ3n) is 3.62. The van der Waals surface area contributed by atoms with Crippen LogP contribution >= 0.6 is 0 Å². The lowest BCUT2D eigenvalue weighted by Crippen LogP contribution is -2.29. The minimum absolute atomic E-state index is 0.127. The zero-order valence-electron chi connectivity index (χ0n) is 11.5.